The molecule has 70 valence electrons. The lowest BCUT2D eigenvalue weighted by Gasteiger charge is -2.35. The van der Waals surface area contributed by atoms with Crippen molar-refractivity contribution in [2.75, 3.05) is 27.7 Å². The molecule has 0 aromatic carbocycles. The van der Waals surface area contributed by atoms with E-state index in [-0.39, 0.29) is 5.91 Å². The molecule has 0 heterocycles. The first kappa shape index (κ1) is 11.3. The zero-order chi connectivity index (χ0) is 9.78. The normalized spacial score (nSPS) is 15.8. The van der Waals surface area contributed by atoms with Crippen LogP contribution in [0.2, 0.25) is 0 Å². The minimum atomic E-state index is 0.0434. The van der Waals surface area contributed by atoms with E-state index in [1.165, 1.54) is 6.08 Å². The first-order chi connectivity index (χ1) is 5.49. The number of hydrogen-bond donors (Lipinski definition) is 0. The van der Waals surface area contributed by atoms with Gasteiger partial charge in [0.15, 0.2) is 0 Å². The van der Waals surface area contributed by atoms with Crippen molar-refractivity contribution in [3.63, 3.8) is 0 Å². The summed E-state index contributed by atoms with van der Waals surface area (Å²) in [5.74, 6) is 0.0434. The van der Waals surface area contributed by atoms with E-state index in [1.54, 1.807) is 0 Å². The zero-order valence-corrected chi connectivity index (χ0v) is 8.50. The summed E-state index contributed by atoms with van der Waals surface area (Å²) in [5, 5.41) is 1.90. The van der Waals surface area contributed by atoms with Gasteiger partial charge in [0.2, 0.25) is 0 Å². The smallest absolute Gasteiger partial charge is 0.224 e. The Morgan fingerprint density at radius 3 is 2.33 bits per heavy atom. The Morgan fingerprint density at radius 2 is 2.08 bits per heavy atom. The molecule has 0 aromatic rings. The molecular weight excluding hydrogens is 152 g/mol. The van der Waals surface area contributed by atoms with Crippen molar-refractivity contribution in [3.05, 3.63) is 12.7 Å². The molecule has 0 spiro atoms. The average Bonchev–Trinajstić information content (AvgIpc) is 2.03. The third-order valence-electron chi connectivity index (χ3n) is 2.19. The van der Waals surface area contributed by atoms with Crippen LogP contribution in [0, 0.1) is 0 Å². The molecule has 0 saturated heterocycles. The Morgan fingerprint density at radius 1 is 1.58 bits per heavy atom. The van der Waals surface area contributed by atoms with Crippen LogP contribution >= 0.6 is 0 Å². The Kier molecular flexibility index (Phi) is 4.13. The topological polar surface area (TPSA) is 20.3 Å². The number of quaternary nitrogens is 1. The minimum Gasteiger partial charge on any atom is -0.224 e. The van der Waals surface area contributed by atoms with Crippen LogP contribution in [0.4, 0.5) is 0 Å². The van der Waals surface area contributed by atoms with Gasteiger partial charge in [0, 0.05) is 20.2 Å². The summed E-state index contributed by atoms with van der Waals surface area (Å²) in [5.41, 5.74) is 0. The molecule has 0 radical (unpaired) electrons. The first-order valence-corrected chi connectivity index (χ1v) is 4.19. The highest BCUT2D eigenvalue weighted by atomic mass is 16.2. The highest BCUT2D eigenvalue weighted by Crippen LogP contribution is 2.07. The monoisotopic (exact) mass is 171 g/mol. The van der Waals surface area contributed by atoms with Crippen molar-refractivity contribution in [3.8, 4) is 0 Å². The van der Waals surface area contributed by atoms with Crippen molar-refractivity contribution < 1.29 is 9.39 Å². The van der Waals surface area contributed by atoms with E-state index in [4.69, 9.17) is 0 Å². The second kappa shape index (κ2) is 4.38. The Labute approximate surface area is 74.8 Å². The lowest BCUT2D eigenvalue weighted by Crippen LogP contribution is -2.57. The SMILES string of the molecule is C=CC(=O)[N+](C)(CCC)N(C)C. The fourth-order valence-corrected chi connectivity index (χ4v) is 1.14. The summed E-state index contributed by atoms with van der Waals surface area (Å²) in [6.07, 6.45) is 2.36. The summed E-state index contributed by atoms with van der Waals surface area (Å²) < 4.78 is 0.306. The number of carbonyl (C=O) groups is 1. The molecule has 0 aliphatic carbocycles. The number of carbonyl (C=O) groups excluding carboxylic acids is 1. The van der Waals surface area contributed by atoms with Crippen molar-refractivity contribution in [1.29, 1.82) is 0 Å². The van der Waals surface area contributed by atoms with Crippen LogP contribution in [0.5, 0.6) is 0 Å². The predicted octanol–water partition coefficient (Wildman–Crippen LogP) is 1.03. The number of hydrogen-bond acceptors (Lipinski definition) is 2. The average molecular weight is 171 g/mol. The molecular formula is C9H19N2O+. The molecule has 0 aliphatic rings. The third kappa shape index (κ3) is 2.16. The second-order valence-corrected chi connectivity index (χ2v) is 3.25. The highest BCUT2D eigenvalue weighted by molar-refractivity contribution is 5.80. The van der Waals surface area contributed by atoms with Crippen LogP contribution in [-0.4, -0.2) is 43.2 Å². The first-order valence-electron chi connectivity index (χ1n) is 4.19. The maximum absolute atomic E-state index is 11.5. The van der Waals surface area contributed by atoms with E-state index >= 15 is 0 Å². The lowest BCUT2D eigenvalue weighted by atomic mass is 10.4. The Hall–Kier alpha value is -0.670. The van der Waals surface area contributed by atoms with E-state index in [0.29, 0.717) is 4.59 Å². The molecule has 0 rings (SSSR count). The van der Waals surface area contributed by atoms with Crippen molar-refractivity contribution in [2.24, 2.45) is 0 Å². The summed E-state index contributed by atoms with van der Waals surface area (Å²) in [4.78, 5) is 11.5. The van der Waals surface area contributed by atoms with Gasteiger partial charge in [0.05, 0.1) is 7.05 Å². The van der Waals surface area contributed by atoms with Gasteiger partial charge in [-0.25, -0.2) is 4.79 Å². The predicted molar refractivity (Wildman–Crippen MR) is 50.2 cm³/mol. The van der Waals surface area contributed by atoms with Crippen LogP contribution in [0.1, 0.15) is 13.3 Å². The van der Waals surface area contributed by atoms with E-state index in [0.717, 1.165) is 13.0 Å². The number of likely N-dealkylation sites (N-methyl/N-ethyl adjacent to an activating group) is 1. The lowest BCUT2D eigenvalue weighted by molar-refractivity contribution is -0.943. The quantitative estimate of drug-likeness (QED) is 0.358. The molecule has 0 aliphatic heterocycles. The Balaban J connectivity index is 4.60. The van der Waals surface area contributed by atoms with Crippen LogP contribution in [0.15, 0.2) is 12.7 Å². The van der Waals surface area contributed by atoms with E-state index in [2.05, 4.69) is 13.5 Å². The van der Waals surface area contributed by atoms with Crippen molar-refractivity contribution in [1.82, 2.24) is 5.01 Å². The fraction of sp³-hybridized carbons (Fsp3) is 0.667. The van der Waals surface area contributed by atoms with Crippen LogP contribution in [0.25, 0.3) is 0 Å². The molecule has 1 atom stereocenters. The number of rotatable bonds is 4. The van der Waals surface area contributed by atoms with Gasteiger partial charge < -0.3 is 0 Å². The molecule has 0 fully saturated rings. The summed E-state index contributed by atoms with van der Waals surface area (Å²) in [6, 6.07) is 0. The molecule has 1 unspecified atom stereocenters. The van der Waals surface area contributed by atoms with Crippen LogP contribution in [0.3, 0.4) is 0 Å². The van der Waals surface area contributed by atoms with Crippen molar-refractivity contribution >= 4 is 5.91 Å². The van der Waals surface area contributed by atoms with Crippen molar-refractivity contribution in [2.45, 2.75) is 13.3 Å². The molecule has 0 aromatic heterocycles. The van der Waals surface area contributed by atoms with Gasteiger partial charge in [-0.1, -0.05) is 13.5 Å². The summed E-state index contributed by atoms with van der Waals surface area (Å²) in [7, 11) is 5.70. The van der Waals surface area contributed by atoms with Gasteiger partial charge in [-0.3, -0.25) is 0 Å². The number of nitrogens with zero attached hydrogens (tertiary/aromatic N) is 2. The van der Waals surface area contributed by atoms with Gasteiger partial charge in [-0.2, -0.15) is 9.60 Å². The Bertz CT molecular complexity index is 177. The standard InChI is InChI=1S/C9H19N2O/c1-6-8-11(5,10(3)4)9(12)7-2/h7H,2,6,8H2,1,3-5H3/q+1. The van der Waals surface area contributed by atoms with Crippen LogP contribution < -0.4 is 0 Å². The fourth-order valence-electron chi connectivity index (χ4n) is 1.14. The van der Waals surface area contributed by atoms with E-state index in [9.17, 15) is 4.79 Å². The van der Waals surface area contributed by atoms with Gasteiger partial charge in [0.25, 0.3) is 0 Å². The van der Waals surface area contributed by atoms with Gasteiger partial charge in [-0.05, 0) is 6.42 Å². The largest absolute Gasteiger partial charge is 0.357 e. The molecule has 1 amide bonds. The maximum atomic E-state index is 11.5. The molecule has 12 heavy (non-hydrogen) atoms. The summed E-state index contributed by atoms with van der Waals surface area (Å²) >= 11 is 0. The zero-order valence-electron chi connectivity index (χ0n) is 8.50. The molecule has 3 nitrogen and oxygen atoms in total. The van der Waals surface area contributed by atoms with Gasteiger partial charge in [0.1, 0.15) is 6.54 Å². The third-order valence-corrected chi connectivity index (χ3v) is 2.19. The molecule has 0 saturated carbocycles. The second-order valence-electron chi connectivity index (χ2n) is 3.25. The minimum absolute atomic E-state index is 0.0434. The maximum Gasteiger partial charge on any atom is 0.357 e. The van der Waals surface area contributed by atoms with E-state index < -0.39 is 0 Å². The van der Waals surface area contributed by atoms with Gasteiger partial charge in [-0.15, -0.1) is 0 Å². The number of amides is 1. The highest BCUT2D eigenvalue weighted by Gasteiger charge is 2.31. The molecule has 3 heteroatoms. The summed E-state index contributed by atoms with van der Waals surface area (Å²) in [6.45, 7) is 6.38. The molecule has 0 N–H and O–H groups in total. The van der Waals surface area contributed by atoms with Gasteiger partial charge >= 0.3 is 5.91 Å². The molecule has 0 bridgehead atoms. The van der Waals surface area contributed by atoms with Crippen LogP contribution in [-0.2, 0) is 4.79 Å². The van der Waals surface area contributed by atoms with E-state index in [1.807, 2.05) is 26.2 Å².